The summed E-state index contributed by atoms with van der Waals surface area (Å²) in [4.78, 5) is 28.1. The van der Waals surface area contributed by atoms with Crippen LogP contribution in [0.5, 0.6) is 11.5 Å². The van der Waals surface area contributed by atoms with E-state index in [1.54, 1.807) is 21.1 Å². The second kappa shape index (κ2) is 13.1. The average Bonchev–Trinajstić information content (AvgIpc) is 3.41. The summed E-state index contributed by atoms with van der Waals surface area (Å²) in [6, 6.07) is 24.4. The van der Waals surface area contributed by atoms with Crippen LogP contribution in [-0.4, -0.2) is 64.4 Å². The zero-order valence-electron chi connectivity index (χ0n) is 29.3. The molecule has 3 N–H and O–H groups in total. The molecule has 5 rings (SSSR count). The molecule has 1 unspecified atom stereocenters. The fourth-order valence-electron chi connectivity index (χ4n) is 7.28. The molecular weight excluding hydrogens is 657 g/mol. The van der Waals surface area contributed by atoms with Crippen molar-refractivity contribution in [1.82, 2.24) is 9.55 Å². The van der Waals surface area contributed by atoms with Crippen molar-refractivity contribution in [3.05, 3.63) is 128 Å². The van der Waals surface area contributed by atoms with Crippen molar-refractivity contribution in [2.75, 3.05) is 14.2 Å². The summed E-state index contributed by atoms with van der Waals surface area (Å²) in [5, 5.41) is 26.2. The summed E-state index contributed by atoms with van der Waals surface area (Å²) < 4.78 is 19.3. The zero-order chi connectivity index (χ0) is 36.0. The third-order valence-electron chi connectivity index (χ3n) is 11.1. The Kier molecular flexibility index (Phi) is 9.74. The first kappa shape index (κ1) is 36.4. The SMILES string of the molecule is COc1ccc(C(c2ccccc2)(c2ccc(OC)cc2)C(O)[C@@]2(C=S)O[C@@H](n3cc(C)c(=O)[nH]c3=O)C[C@@]2(O)[Si](C)(C)C(C)(C)C)cc1. The van der Waals surface area contributed by atoms with Gasteiger partial charge in [-0.05, 0) is 52.9 Å². The van der Waals surface area contributed by atoms with Gasteiger partial charge in [-0.2, -0.15) is 0 Å². The molecule has 11 heteroatoms. The number of aliphatic hydroxyl groups is 2. The predicted molar refractivity (Wildman–Crippen MR) is 198 cm³/mol. The number of ether oxygens (including phenoxy) is 3. The molecule has 0 radical (unpaired) electrons. The van der Waals surface area contributed by atoms with Crippen LogP contribution in [0.1, 0.15) is 55.7 Å². The highest BCUT2D eigenvalue weighted by Crippen LogP contribution is 2.60. The first-order chi connectivity index (χ1) is 23.0. The molecule has 260 valence electrons. The number of benzene rings is 3. The predicted octanol–water partition coefficient (Wildman–Crippen LogP) is 5.69. The molecule has 49 heavy (non-hydrogen) atoms. The molecule has 0 spiro atoms. The fraction of sp³-hybridized carbons (Fsp3) is 0.395. The van der Waals surface area contributed by atoms with Crippen LogP contribution in [-0.2, 0) is 10.2 Å². The van der Waals surface area contributed by atoms with Crippen molar-refractivity contribution < 1.29 is 24.4 Å². The van der Waals surface area contributed by atoms with E-state index in [-0.39, 0.29) is 6.42 Å². The van der Waals surface area contributed by atoms with Gasteiger partial charge in [0.15, 0.2) is 5.60 Å². The summed E-state index contributed by atoms with van der Waals surface area (Å²) in [6.07, 6.45) is -1.27. The molecule has 1 saturated heterocycles. The summed E-state index contributed by atoms with van der Waals surface area (Å²) in [5.74, 6) is 1.25. The van der Waals surface area contributed by atoms with Crippen LogP contribution < -0.4 is 20.7 Å². The average molecular weight is 703 g/mol. The lowest BCUT2D eigenvalue weighted by atomic mass is 9.61. The van der Waals surface area contributed by atoms with Crippen molar-refractivity contribution in [3.63, 3.8) is 0 Å². The molecule has 1 aromatic heterocycles. The Labute approximate surface area is 293 Å². The summed E-state index contributed by atoms with van der Waals surface area (Å²) in [7, 11) is 0.179. The molecule has 0 saturated carbocycles. The summed E-state index contributed by atoms with van der Waals surface area (Å²) >= 11 is 5.89. The Morgan fingerprint density at radius 3 is 1.88 bits per heavy atom. The van der Waals surface area contributed by atoms with E-state index >= 15 is 0 Å². The van der Waals surface area contributed by atoms with E-state index in [0.29, 0.717) is 28.2 Å². The Balaban J connectivity index is 1.91. The number of nitrogens with zero attached hydrogens (tertiary/aromatic N) is 1. The maximum absolute atomic E-state index is 13.6. The lowest BCUT2D eigenvalue weighted by Crippen LogP contribution is -2.75. The molecule has 1 fully saturated rings. The third-order valence-corrected chi connectivity index (χ3v) is 17.9. The molecule has 0 amide bonds. The smallest absolute Gasteiger partial charge is 0.330 e. The van der Waals surface area contributed by atoms with Crippen LogP contribution in [0.15, 0.2) is 94.6 Å². The van der Waals surface area contributed by atoms with E-state index in [0.717, 1.165) is 5.56 Å². The van der Waals surface area contributed by atoms with E-state index in [4.69, 9.17) is 26.4 Å². The highest BCUT2D eigenvalue weighted by atomic mass is 32.1. The first-order valence-corrected chi connectivity index (χ1v) is 19.7. The van der Waals surface area contributed by atoms with E-state index in [9.17, 15) is 19.8 Å². The van der Waals surface area contributed by atoms with Gasteiger partial charge in [0, 0.05) is 23.5 Å². The maximum atomic E-state index is 13.6. The van der Waals surface area contributed by atoms with Gasteiger partial charge in [0.2, 0.25) is 0 Å². The van der Waals surface area contributed by atoms with Gasteiger partial charge in [0.1, 0.15) is 23.8 Å². The number of aryl methyl sites for hydroxylation is 1. The number of hydrogen-bond acceptors (Lipinski definition) is 8. The number of nitrogens with one attached hydrogen (secondary N) is 1. The van der Waals surface area contributed by atoms with Gasteiger partial charge in [-0.3, -0.25) is 14.3 Å². The van der Waals surface area contributed by atoms with E-state index in [2.05, 4.69) is 38.8 Å². The van der Waals surface area contributed by atoms with Crippen LogP contribution in [0.4, 0.5) is 0 Å². The van der Waals surface area contributed by atoms with Gasteiger partial charge in [-0.15, -0.1) is 0 Å². The Morgan fingerprint density at radius 2 is 1.43 bits per heavy atom. The second-order valence-electron chi connectivity index (χ2n) is 14.4. The van der Waals surface area contributed by atoms with Gasteiger partial charge in [0.05, 0.1) is 32.9 Å². The van der Waals surface area contributed by atoms with Crippen molar-refractivity contribution in [2.45, 2.75) is 80.8 Å². The molecule has 4 atom stereocenters. The molecular formula is C38H46N2O7SSi. The van der Waals surface area contributed by atoms with Crippen LogP contribution in [0.2, 0.25) is 18.1 Å². The van der Waals surface area contributed by atoms with Crippen molar-refractivity contribution >= 4 is 25.7 Å². The fourth-order valence-corrected chi connectivity index (χ4v) is 10.9. The second-order valence-corrected chi connectivity index (χ2v) is 20.2. The van der Waals surface area contributed by atoms with Gasteiger partial charge in [-0.25, -0.2) is 4.79 Å². The molecule has 9 nitrogen and oxygen atoms in total. The first-order valence-electron chi connectivity index (χ1n) is 16.3. The quantitative estimate of drug-likeness (QED) is 0.109. The maximum Gasteiger partial charge on any atom is 0.330 e. The molecule has 0 bridgehead atoms. The molecule has 0 aliphatic carbocycles. The van der Waals surface area contributed by atoms with Gasteiger partial charge in [-0.1, -0.05) is 101 Å². The number of methoxy groups -OCH3 is 2. The zero-order valence-corrected chi connectivity index (χ0v) is 31.1. The van der Waals surface area contributed by atoms with Crippen molar-refractivity contribution in [1.29, 1.82) is 0 Å². The van der Waals surface area contributed by atoms with Crippen LogP contribution >= 0.6 is 12.2 Å². The minimum atomic E-state index is -3.00. The summed E-state index contributed by atoms with van der Waals surface area (Å²) in [6.45, 7) is 11.9. The lowest BCUT2D eigenvalue weighted by Gasteiger charge is -2.57. The van der Waals surface area contributed by atoms with Crippen molar-refractivity contribution in [2.24, 2.45) is 0 Å². The minimum Gasteiger partial charge on any atom is -0.497 e. The topological polar surface area (TPSA) is 123 Å². The van der Waals surface area contributed by atoms with Gasteiger partial charge >= 0.3 is 5.69 Å². The number of thiocarbonyl (C=S) groups is 1. The Morgan fingerprint density at radius 1 is 0.939 bits per heavy atom. The van der Waals surface area contributed by atoms with E-state index in [1.165, 1.54) is 16.1 Å². The highest BCUT2D eigenvalue weighted by molar-refractivity contribution is 7.79. The lowest BCUT2D eigenvalue weighted by molar-refractivity contribution is -0.144. The van der Waals surface area contributed by atoms with Crippen LogP contribution in [0, 0.1) is 6.92 Å². The minimum absolute atomic E-state index is 0.0603. The highest BCUT2D eigenvalue weighted by Gasteiger charge is 2.73. The number of H-pyrrole nitrogens is 1. The Hall–Kier alpha value is -3.87. The van der Waals surface area contributed by atoms with E-state index < -0.39 is 52.9 Å². The normalized spacial score (nSPS) is 22.0. The molecule has 1 aliphatic rings. The molecule has 3 aromatic carbocycles. The van der Waals surface area contributed by atoms with Gasteiger partial charge in [0.25, 0.3) is 5.56 Å². The molecule has 1 aliphatic heterocycles. The number of aromatic amines is 1. The standard InChI is InChI=1S/C38H46N2O7SSi/c1-25-23-40(34(43)39-32(25)41)31-22-37(44,49(7,8)35(2,3)4)36(24-48,47-31)33(42)38(26-12-10-9-11-13-26,27-14-18-29(45-5)19-15-27)28-16-20-30(46-6)21-17-28/h9-21,23-24,31,33,42,44H,22H2,1-8H3,(H,39,41,43)/t31-,33?,36-,37-/m1/s1. The van der Waals surface area contributed by atoms with Gasteiger partial charge < -0.3 is 24.4 Å². The Bertz CT molecular complexity index is 1870. The number of aromatic nitrogens is 2. The van der Waals surface area contributed by atoms with Crippen LogP contribution in [0.25, 0.3) is 0 Å². The van der Waals surface area contributed by atoms with E-state index in [1.807, 2.05) is 78.9 Å². The number of aliphatic hydroxyl groups excluding tert-OH is 1. The largest absolute Gasteiger partial charge is 0.497 e. The summed E-state index contributed by atoms with van der Waals surface area (Å²) in [5.41, 5.74) is -2.12. The number of hydrogen-bond donors (Lipinski definition) is 3. The molecule has 4 aromatic rings. The third kappa shape index (κ3) is 5.61. The monoisotopic (exact) mass is 702 g/mol. The molecule has 2 heterocycles. The number of rotatable bonds is 10. The van der Waals surface area contributed by atoms with Crippen molar-refractivity contribution in [3.8, 4) is 11.5 Å². The van der Waals surface area contributed by atoms with Crippen LogP contribution in [0.3, 0.4) is 0 Å².